The van der Waals surface area contributed by atoms with Crippen LogP contribution in [-0.4, -0.2) is 37.7 Å². The van der Waals surface area contributed by atoms with Crippen LogP contribution in [0.15, 0.2) is 48.8 Å². The maximum absolute atomic E-state index is 12.6. The first-order valence-electron chi connectivity index (χ1n) is 8.39. The van der Waals surface area contributed by atoms with E-state index in [1.807, 2.05) is 48.0 Å². The van der Waals surface area contributed by atoms with Gasteiger partial charge < -0.3 is 14.6 Å². The monoisotopic (exact) mass is 362 g/mol. The zero-order valence-electron chi connectivity index (χ0n) is 14.9. The molecule has 0 saturated heterocycles. The van der Waals surface area contributed by atoms with Gasteiger partial charge in [0.05, 0.1) is 13.7 Å². The number of nitrogens with one attached hydrogen (secondary N) is 2. The molecule has 8 nitrogen and oxygen atoms in total. The number of hydrogen-bond acceptors (Lipinski definition) is 5. The Bertz CT molecular complexity index is 1100. The summed E-state index contributed by atoms with van der Waals surface area (Å²) < 4.78 is 7.10. The minimum Gasteiger partial charge on any atom is -0.497 e. The lowest BCUT2D eigenvalue weighted by atomic mass is 10.2. The van der Waals surface area contributed by atoms with Gasteiger partial charge in [0.1, 0.15) is 17.3 Å². The molecular formula is C19H18N6O2. The van der Waals surface area contributed by atoms with Crippen molar-refractivity contribution in [1.29, 1.82) is 0 Å². The van der Waals surface area contributed by atoms with Gasteiger partial charge in [0, 0.05) is 35.9 Å². The van der Waals surface area contributed by atoms with Crippen molar-refractivity contribution in [3.8, 4) is 17.1 Å². The van der Waals surface area contributed by atoms with E-state index in [1.165, 1.54) is 0 Å². The Labute approximate surface area is 155 Å². The molecule has 0 fully saturated rings. The van der Waals surface area contributed by atoms with Crippen LogP contribution in [0, 0.1) is 0 Å². The van der Waals surface area contributed by atoms with Crippen molar-refractivity contribution in [2.24, 2.45) is 7.05 Å². The van der Waals surface area contributed by atoms with E-state index in [2.05, 4.69) is 25.5 Å². The Hall–Kier alpha value is -3.68. The summed E-state index contributed by atoms with van der Waals surface area (Å²) >= 11 is 0. The van der Waals surface area contributed by atoms with Crippen LogP contribution in [0.5, 0.6) is 5.75 Å². The summed E-state index contributed by atoms with van der Waals surface area (Å²) in [4.78, 5) is 21.0. The standard InChI is InChI=1S/C19H18N6O2/c1-25-15-4-3-14(27-2)9-13(15)10-16(25)19(26)21-11-17-22-18(24-23-17)12-5-7-20-8-6-12/h3-10H,11H2,1-2H3,(H,21,26)(H,22,23,24). The number of pyridine rings is 1. The van der Waals surface area contributed by atoms with Crippen molar-refractivity contribution < 1.29 is 9.53 Å². The van der Waals surface area contributed by atoms with Crippen LogP contribution >= 0.6 is 0 Å². The molecule has 0 radical (unpaired) electrons. The van der Waals surface area contributed by atoms with Gasteiger partial charge in [-0.15, -0.1) is 0 Å². The van der Waals surface area contributed by atoms with E-state index >= 15 is 0 Å². The Morgan fingerprint density at radius 3 is 2.81 bits per heavy atom. The van der Waals surface area contributed by atoms with E-state index in [1.54, 1.807) is 19.5 Å². The van der Waals surface area contributed by atoms with Gasteiger partial charge in [-0.05, 0) is 36.4 Å². The van der Waals surface area contributed by atoms with E-state index in [0.29, 0.717) is 17.3 Å². The molecule has 0 saturated carbocycles. The van der Waals surface area contributed by atoms with E-state index in [9.17, 15) is 4.79 Å². The number of aryl methyl sites for hydroxylation is 1. The number of aromatic amines is 1. The molecule has 3 aromatic heterocycles. The Morgan fingerprint density at radius 1 is 1.22 bits per heavy atom. The van der Waals surface area contributed by atoms with Crippen molar-refractivity contribution in [1.82, 2.24) is 30.0 Å². The number of rotatable bonds is 5. The quantitative estimate of drug-likeness (QED) is 0.568. The molecule has 4 aromatic rings. The predicted molar refractivity (Wildman–Crippen MR) is 100 cm³/mol. The second-order valence-electron chi connectivity index (χ2n) is 6.04. The number of carbonyl (C=O) groups excluding carboxylic acids is 1. The van der Waals surface area contributed by atoms with Crippen molar-refractivity contribution in [3.05, 3.63) is 60.3 Å². The van der Waals surface area contributed by atoms with Gasteiger partial charge in [-0.2, -0.15) is 5.10 Å². The summed E-state index contributed by atoms with van der Waals surface area (Å²) in [5.41, 5.74) is 2.38. The van der Waals surface area contributed by atoms with E-state index in [-0.39, 0.29) is 12.5 Å². The number of ether oxygens (including phenoxy) is 1. The highest BCUT2D eigenvalue weighted by Gasteiger charge is 2.14. The number of nitrogens with zero attached hydrogens (tertiary/aromatic N) is 4. The number of hydrogen-bond donors (Lipinski definition) is 2. The smallest absolute Gasteiger partial charge is 0.268 e. The fourth-order valence-electron chi connectivity index (χ4n) is 2.93. The zero-order chi connectivity index (χ0) is 18.8. The third kappa shape index (κ3) is 3.24. The molecule has 1 aromatic carbocycles. The Morgan fingerprint density at radius 2 is 2.04 bits per heavy atom. The average Bonchev–Trinajstić information content (AvgIpc) is 3.31. The van der Waals surface area contributed by atoms with Crippen LogP contribution in [0.2, 0.25) is 0 Å². The highest BCUT2D eigenvalue weighted by atomic mass is 16.5. The fraction of sp³-hybridized carbons (Fsp3) is 0.158. The van der Waals surface area contributed by atoms with Crippen LogP contribution < -0.4 is 10.1 Å². The van der Waals surface area contributed by atoms with Gasteiger partial charge in [-0.1, -0.05) is 0 Å². The molecular weight excluding hydrogens is 344 g/mol. The van der Waals surface area contributed by atoms with Crippen LogP contribution in [0.1, 0.15) is 16.3 Å². The molecule has 2 N–H and O–H groups in total. The summed E-state index contributed by atoms with van der Waals surface area (Å²) in [6.45, 7) is 0.252. The summed E-state index contributed by atoms with van der Waals surface area (Å²) in [5, 5.41) is 10.8. The first kappa shape index (κ1) is 16.8. The SMILES string of the molecule is COc1ccc2c(c1)cc(C(=O)NCc1nc(-c3ccncc3)n[nH]1)n2C. The first-order chi connectivity index (χ1) is 13.2. The largest absolute Gasteiger partial charge is 0.497 e. The molecule has 8 heteroatoms. The molecule has 1 amide bonds. The molecule has 3 heterocycles. The topological polar surface area (TPSA) is 97.7 Å². The molecule has 0 atom stereocenters. The second kappa shape index (κ2) is 6.91. The number of benzene rings is 1. The van der Waals surface area contributed by atoms with Gasteiger partial charge in [0.15, 0.2) is 5.82 Å². The molecule has 136 valence electrons. The summed E-state index contributed by atoms with van der Waals surface area (Å²) in [6, 6.07) is 11.2. The lowest BCUT2D eigenvalue weighted by Crippen LogP contribution is -2.25. The maximum atomic E-state index is 12.6. The van der Waals surface area contributed by atoms with E-state index < -0.39 is 0 Å². The fourth-order valence-corrected chi connectivity index (χ4v) is 2.93. The number of carbonyl (C=O) groups is 1. The summed E-state index contributed by atoms with van der Waals surface area (Å²) in [7, 11) is 3.48. The van der Waals surface area contributed by atoms with Gasteiger partial charge in [0.2, 0.25) is 0 Å². The minimum atomic E-state index is -0.186. The van der Waals surface area contributed by atoms with E-state index in [4.69, 9.17) is 4.74 Å². The molecule has 0 aliphatic heterocycles. The van der Waals surface area contributed by atoms with Crippen molar-refractivity contribution >= 4 is 16.8 Å². The second-order valence-corrected chi connectivity index (χ2v) is 6.04. The third-order valence-electron chi connectivity index (χ3n) is 4.37. The molecule has 0 aliphatic carbocycles. The molecule has 27 heavy (non-hydrogen) atoms. The summed E-state index contributed by atoms with van der Waals surface area (Å²) in [5.74, 6) is 1.72. The van der Waals surface area contributed by atoms with Crippen molar-refractivity contribution in [2.75, 3.05) is 7.11 Å². The Balaban J connectivity index is 1.49. The average molecular weight is 362 g/mol. The van der Waals surface area contributed by atoms with Gasteiger partial charge in [-0.25, -0.2) is 4.98 Å². The number of aromatic nitrogens is 5. The van der Waals surface area contributed by atoms with Crippen LogP contribution in [-0.2, 0) is 13.6 Å². The summed E-state index contributed by atoms with van der Waals surface area (Å²) in [6.07, 6.45) is 3.37. The number of methoxy groups -OCH3 is 1. The highest BCUT2D eigenvalue weighted by molar-refractivity contribution is 5.98. The highest BCUT2D eigenvalue weighted by Crippen LogP contribution is 2.23. The predicted octanol–water partition coefficient (Wildman–Crippen LogP) is 2.30. The number of amides is 1. The number of fused-ring (bicyclic) bond motifs is 1. The Kier molecular flexibility index (Phi) is 4.29. The zero-order valence-corrected chi connectivity index (χ0v) is 14.9. The molecule has 0 spiro atoms. The molecule has 4 rings (SSSR count). The van der Waals surface area contributed by atoms with Crippen LogP contribution in [0.25, 0.3) is 22.3 Å². The third-order valence-corrected chi connectivity index (χ3v) is 4.37. The minimum absolute atomic E-state index is 0.186. The lowest BCUT2D eigenvalue weighted by Gasteiger charge is -2.05. The van der Waals surface area contributed by atoms with Crippen molar-refractivity contribution in [2.45, 2.75) is 6.54 Å². The van der Waals surface area contributed by atoms with Crippen LogP contribution in [0.4, 0.5) is 0 Å². The van der Waals surface area contributed by atoms with Crippen LogP contribution in [0.3, 0.4) is 0 Å². The van der Waals surface area contributed by atoms with Gasteiger partial charge >= 0.3 is 0 Å². The molecule has 0 aliphatic rings. The van der Waals surface area contributed by atoms with Gasteiger partial charge in [0.25, 0.3) is 5.91 Å². The van der Waals surface area contributed by atoms with Gasteiger partial charge in [-0.3, -0.25) is 14.9 Å². The van der Waals surface area contributed by atoms with Crippen molar-refractivity contribution in [3.63, 3.8) is 0 Å². The first-order valence-corrected chi connectivity index (χ1v) is 8.39. The van der Waals surface area contributed by atoms with E-state index in [0.717, 1.165) is 22.2 Å². The normalized spacial score (nSPS) is 10.9. The maximum Gasteiger partial charge on any atom is 0.268 e. The molecule has 0 unspecified atom stereocenters. The lowest BCUT2D eigenvalue weighted by molar-refractivity contribution is 0.0942. The molecule has 0 bridgehead atoms. The number of H-pyrrole nitrogens is 1.